The molecule has 1 aliphatic heterocycles. The number of rotatable bonds is 3. The summed E-state index contributed by atoms with van der Waals surface area (Å²) >= 11 is 7.97. The molecule has 0 N–H and O–H groups in total. The van der Waals surface area contributed by atoms with Crippen LogP contribution in [0.5, 0.6) is 0 Å². The predicted octanol–water partition coefficient (Wildman–Crippen LogP) is 4.27. The lowest BCUT2D eigenvalue weighted by molar-refractivity contribution is 0.110. The predicted molar refractivity (Wildman–Crippen MR) is 82.0 cm³/mol. The summed E-state index contributed by atoms with van der Waals surface area (Å²) in [5.41, 5.74) is 2.04. The summed E-state index contributed by atoms with van der Waals surface area (Å²) in [7, 11) is 0. The van der Waals surface area contributed by atoms with Gasteiger partial charge in [-0.05, 0) is 19.9 Å². The second-order valence-corrected chi connectivity index (χ2v) is 6.59. The van der Waals surface area contributed by atoms with Crippen LogP contribution < -0.4 is 0 Å². The number of likely N-dealkylation sites (tertiary alicyclic amines) is 1. The van der Waals surface area contributed by atoms with Crippen molar-refractivity contribution in [3.05, 3.63) is 39.7 Å². The molecule has 4 heteroatoms. The molecule has 1 aliphatic rings. The molecule has 0 radical (unpaired) electrons. The molecule has 3 rings (SSSR count). The van der Waals surface area contributed by atoms with E-state index in [0.717, 1.165) is 29.4 Å². The van der Waals surface area contributed by atoms with Crippen molar-refractivity contribution in [3.8, 4) is 11.3 Å². The standard InChI is InChI=1S/C15H17ClN2S/c1-10(2)18-7-11(8-18)15-17-14(9-19-15)12-5-3-4-6-13(12)16/h3-6,9-11H,7-8H2,1-2H3. The topological polar surface area (TPSA) is 16.1 Å². The van der Waals surface area contributed by atoms with Gasteiger partial charge in [0, 0.05) is 41.0 Å². The molecule has 0 bridgehead atoms. The molecule has 0 saturated carbocycles. The Balaban J connectivity index is 1.76. The Morgan fingerprint density at radius 2 is 2.05 bits per heavy atom. The molecule has 0 spiro atoms. The van der Waals surface area contributed by atoms with Crippen LogP contribution in [0.1, 0.15) is 24.8 Å². The van der Waals surface area contributed by atoms with E-state index in [9.17, 15) is 0 Å². The highest BCUT2D eigenvalue weighted by Gasteiger charge is 2.31. The van der Waals surface area contributed by atoms with Crippen LogP contribution in [0.15, 0.2) is 29.6 Å². The Kier molecular flexibility index (Phi) is 3.61. The highest BCUT2D eigenvalue weighted by Crippen LogP contribution is 2.34. The summed E-state index contributed by atoms with van der Waals surface area (Å²) in [6, 6.07) is 8.54. The molecule has 1 fully saturated rings. The maximum Gasteiger partial charge on any atom is 0.0989 e. The van der Waals surface area contributed by atoms with Crippen molar-refractivity contribution >= 4 is 22.9 Å². The van der Waals surface area contributed by atoms with Gasteiger partial charge in [0.2, 0.25) is 0 Å². The third kappa shape index (κ3) is 2.55. The van der Waals surface area contributed by atoms with Crippen molar-refractivity contribution in [2.24, 2.45) is 0 Å². The largest absolute Gasteiger partial charge is 0.299 e. The fourth-order valence-electron chi connectivity index (χ4n) is 2.36. The lowest BCUT2D eigenvalue weighted by Crippen LogP contribution is -2.48. The van der Waals surface area contributed by atoms with Crippen molar-refractivity contribution in [1.82, 2.24) is 9.88 Å². The van der Waals surface area contributed by atoms with Gasteiger partial charge in [-0.15, -0.1) is 11.3 Å². The van der Waals surface area contributed by atoms with Gasteiger partial charge in [0.15, 0.2) is 0 Å². The van der Waals surface area contributed by atoms with Gasteiger partial charge in [-0.25, -0.2) is 4.98 Å². The fraction of sp³-hybridized carbons (Fsp3) is 0.400. The minimum absolute atomic E-state index is 0.601. The zero-order valence-electron chi connectivity index (χ0n) is 11.1. The minimum atomic E-state index is 0.601. The van der Waals surface area contributed by atoms with Crippen LogP contribution in [0.3, 0.4) is 0 Å². The molecular formula is C15H17ClN2S. The van der Waals surface area contributed by atoms with E-state index in [-0.39, 0.29) is 0 Å². The van der Waals surface area contributed by atoms with Crippen LogP contribution in [-0.2, 0) is 0 Å². The van der Waals surface area contributed by atoms with E-state index < -0.39 is 0 Å². The van der Waals surface area contributed by atoms with Gasteiger partial charge in [0.05, 0.1) is 10.7 Å². The average Bonchev–Trinajstić information content (AvgIpc) is 2.76. The first-order valence-corrected chi connectivity index (χ1v) is 7.85. The number of nitrogens with zero attached hydrogens (tertiary/aromatic N) is 2. The van der Waals surface area contributed by atoms with Gasteiger partial charge in [-0.2, -0.15) is 0 Å². The molecule has 0 atom stereocenters. The van der Waals surface area contributed by atoms with Crippen LogP contribution in [0.4, 0.5) is 0 Å². The average molecular weight is 293 g/mol. The molecule has 0 unspecified atom stereocenters. The maximum atomic E-state index is 6.22. The summed E-state index contributed by atoms with van der Waals surface area (Å²) in [4.78, 5) is 7.24. The number of aromatic nitrogens is 1. The molecule has 100 valence electrons. The second-order valence-electron chi connectivity index (χ2n) is 5.30. The smallest absolute Gasteiger partial charge is 0.0989 e. The lowest BCUT2D eigenvalue weighted by atomic mass is 9.99. The number of halogens is 1. The molecule has 1 aromatic carbocycles. The number of thiazole rings is 1. The monoisotopic (exact) mass is 292 g/mol. The van der Waals surface area contributed by atoms with Crippen molar-refractivity contribution in [3.63, 3.8) is 0 Å². The van der Waals surface area contributed by atoms with E-state index in [1.807, 2.05) is 24.3 Å². The number of hydrogen-bond acceptors (Lipinski definition) is 3. The van der Waals surface area contributed by atoms with Gasteiger partial charge in [-0.1, -0.05) is 29.8 Å². The molecule has 19 heavy (non-hydrogen) atoms. The third-order valence-corrected chi connectivity index (χ3v) is 5.00. The van der Waals surface area contributed by atoms with Crippen molar-refractivity contribution in [2.45, 2.75) is 25.8 Å². The van der Waals surface area contributed by atoms with E-state index in [4.69, 9.17) is 16.6 Å². The van der Waals surface area contributed by atoms with E-state index >= 15 is 0 Å². The minimum Gasteiger partial charge on any atom is -0.299 e. The SMILES string of the molecule is CC(C)N1CC(c2nc(-c3ccccc3Cl)cs2)C1. The Morgan fingerprint density at radius 3 is 2.74 bits per heavy atom. The zero-order valence-corrected chi connectivity index (χ0v) is 12.7. The molecule has 2 heterocycles. The Hall–Kier alpha value is -0.900. The molecule has 0 aliphatic carbocycles. The Bertz CT molecular complexity index is 573. The van der Waals surface area contributed by atoms with Crippen LogP contribution >= 0.6 is 22.9 Å². The van der Waals surface area contributed by atoms with Crippen LogP contribution in [0, 0.1) is 0 Å². The normalized spacial score (nSPS) is 16.8. The summed E-state index contributed by atoms with van der Waals surface area (Å²) in [6.45, 7) is 6.75. The quantitative estimate of drug-likeness (QED) is 0.840. The van der Waals surface area contributed by atoms with Crippen LogP contribution in [0.2, 0.25) is 5.02 Å². The summed E-state index contributed by atoms with van der Waals surface area (Å²) in [5, 5.41) is 4.14. The van der Waals surface area contributed by atoms with Gasteiger partial charge < -0.3 is 0 Å². The van der Waals surface area contributed by atoms with E-state index in [1.165, 1.54) is 5.01 Å². The fourth-order valence-corrected chi connectivity index (χ4v) is 3.50. The lowest BCUT2D eigenvalue weighted by Gasteiger charge is -2.41. The van der Waals surface area contributed by atoms with E-state index in [0.29, 0.717) is 12.0 Å². The summed E-state index contributed by atoms with van der Waals surface area (Å²) in [6.07, 6.45) is 0. The van der Waals surface area contributed by atoms with Gasteiger partial charge in [0.25, 0.3) is 0 Å². The van der Waals surface area contributed by atoms with E-state index in [2.05, 4.69) is 24.1 Å². The van der Waals surface area contributed by atoms with Crippen LogP contribution in [-0.4, -0.2) is 29.0 Å². The van der Waals surface area contributed by atoms with E-state index in [1.54, 1.807) is 11.3 Å². The number of hydrogen-bond donors (Lipinski definition) is 0. The van der Waals surface area contributed by atoms with Crippen molar-refractivity contribution in [1.29, 1.82) is 0 Å². The van der Waals surface area contributed by atoms with Gasteiger partial charge in [-0.3, -0.25) is 4.90 Å². The van der Waals surface area contributed by atoms with Gasteiger partial charge in [0.1, 0.15) is 0 Å². The maximum absolute atomic E-state index is 6.22. The zero-order chi connectivity index (χ0) is 13.4. The summed E-state index contributed by atoms with van der Waals surface area (Å²) < 4.78 is 0. The summed E-state index contributed by atoms with van der Waals surface area (Å²) in [5.74, 6) is 0.601. The van der Waals surface area contributed by atoms with Crippen molar-refractivity contribution in [2.75, 3.05) is 13.1 Å². The molecule has 2 aromatic rings. The first-order valence-electron chi connectivity index (χ1n) is 6.59. The first-order chi connectivity index (χ1) is 9.15. The third-order valence-electron chi connectivity index (χ3n) is 3.66. The molecule has 1 aromatic heterocycles. The number of benzene rings is 1. The molecular weight excluding hydrogens is 276 g/mol. The van der Waals surface area contributed by atoms with Crippen LogP contribution in [0.25, 0.3) is 11.3 Å². The first kappa shape index (κ1) is 13.1. The molecule has 2 nitrogen and oxygen atoms in total. The Morgan fingerprint density at radius 1 is 1.32 bits per heavy atom. The van der Waals surface area contributed by atoms with Gasteiger partial charge >= 0.3 is 0 Å². The second kappa shape index (κ2) is 5.23. The van der Waals surface area contributed by atoms with Crippen molar-refractivity contribution < 1.29 is 0 Å². The molecule has 0 amide bonds. The molecule has 1 saturated heterocycles. The highest BCUT2D eigenvalue weighted by atomic mass is 35.5. The highest BCUT2D eigenvalue weighted by molar-refractivity contribution is 7.10. The Labute approximate surface area is 123 Å².